The molecular weight excluding hydrogens is 480 g/mol. The molecule has 0 unspecified atom stereocenters. The van der Waals surface area contributed by atoms with Gasteiger partial charge in [0, 0.05) is 11.9 Å². The van der Waals surface area contributed by atoms with Gasteiger partial charge in [0.25, 0.3) is 5.91 Å². The molecule has 11 heteroatoms. The molecule has 0 atom stereocenters. The van der Waals surface area contributed by atoms with Gasteiger partial charge in [0.05, 0.1) is 16.0 Å². The number of carboxylic acid groups (broad SMARTS) is 1. The third-order valence-electron chi connectivity index (χ3n) is 3.57. The minimum atomic E-state index is -1.13. The molecule has 3 rings (SSSR count). The summed E-state index contributed by atoms with van der Waals surface area (Å²) in [5, 5.41) is 22.6. The Morgan fingerprint density at radius 2 is 2.10 bits per heavy atom. The van der Waals surface area contributed by atoms with Crippen molar-refractivity contribution in [2.75, 3.05) is 18.9 Å². The van der Waals surface area contributed by atoms with Crippen LogP contribution in [0.2, 0.25) is 0 Å². The van der Waals surface area contributed by atoms with E-state index in [1.54, 1.807) is 12.3 Å². The smallest absolute Gasteiger partial charge is 0.323 e. The number of nitrogens with one attached hydrogen (secondary N) is 1. The zero-order chi connectivity index (χ0) is 21.0. The van der Waals surface area contributed by atoms with Crippen molar-refractivity contribution in [3.63, 3.8) is 0 Å². The van der Waals surface area contributed by atoms with Crippen LogP contribution in [-0.2, 0) is 4.79 Å². The van der Waals surface area contributed by atoms with Gasteiger partial charge >= 0.3 is 5.97 Å². The zero-order valence-corrected chi connectivity index (χ0v) is 18.2. The Kier molecular flexibility index (Phi) is 6.72. The largest absolute Gasteiger partial charge is 0.507 e. The molecule has 3 N–H and O–H groups in total. The fraction of sp³-hybridized carbons (Fsp3) is 0.111. The van der Waals surface area contributed by atoms with Crippen molar-refractivity contribution in [2.45, 2.75) is 9.10 Å². The molecule has 2 aromatic heterocycles. The Labute approximate surface area is 182 Å². The van der Waals surface area contributed by atoms with E-state index in [0.717, 1.165) is 9.11 Å². The second kappa shape index (κ2) is 9.25. The molecule has 0 radical (unpaired) electrons. The maximum atomic E-state index is 12.4. The number of phenolic OH excluding ortho intramolecular Hbond substituents is 1. The van der Waals surface area contributed by atoms with E-state index in [-0.39, 0.29) is 11.3 Å². The first-order chi connectivity index (χ1) is 13.8. The van der Waals surface area contributed by atoms with E-state index < -0.39 is 18.4 Å². The lowest BCUT2D eigenvalue weighted by Crippen LogP contribution is -2.31. The van der Waals surface area contributed by atoms with Gasteiger partial charge in [-0.05, 0) is 46.3 Å². The van der Waals surface area contributed by atoms with E-state index in [9.17, 15) is 14.7 Å². The first-order valence-electron chi connectivity index (χ1n) is 8.15. The number of rotatable bonds is 7. The highest BCUT2D eigenvalue weighted by molar-refractivity contribution is 9.10. The molecular formula is C18H15BrN4O4S2. The van der Waals surface area contributed by atoms with Gasteiger partial charge in [-0.1, -0.05) is 29.2 Å². The molecule has 0 aliphatic heterocycles. The Morgan fingerprint density at radius 3 is 2.83 bits per heavy atom. The number of hydrogen-bond acceptors (Lipinski definition) is 8. The van der Waals surface area contributed by atoms with Crippen LogP contribution in [0, 0.1) is 0 Å². The van der Waals surface area contributed by atoms with Gasteiger partial charge in [-0.3, -0.25) is 9.59 Å². The maximum absolute atomic E-state index is 12.4. The molecule has 8 nitrogen and oxygen atoms in total. The minimum absolute atomic E-state index is 0.0416. The fourth-order valence-corrected chi connectivity index (χ4v) is 4.54. The monoisotopic (exact) mass is 494 g/mol. The highest BCUT2D eigenvalue weighted by Crippen LogP contribution is 2.36. The molecule has 0 bridgehead atoms. The number of aromatic nitrogens is 2. The molecule has 0 aliphatic carbocycles. The van der Waals surface area contributed by atoms with Crippen molar-refractivity contribution in [1.29, 1.82) is 0 Å². The van der Waals surface area contributed by atoms with Crippen molar-refractivity contribution in [1.82, 2.24) is 14.9 Å². The van der Waals surface area contributed by atoms with Crippen molar-refractivity contribution < 1.29 is 19.8 Å². The van der Waals surface area contributed by atoms with Crippen molar-refractivity contribution in [3.8, 4) is 5.75 Å². The maximum Gasteiger partial charge on any atom is 0.323 e. The fourth-order valence-electron chi connectivity index (χ4n) is 2.30. The van der Waals surface area contributed by atoms with Crippen LogP contribution in [0.1, 0.15) is 10.4 Å². The minimum Gasteiger partial charge on any atom is -0.507 e. The number of aliphatic carboxylic acids is 1. The van der Waals surface area contributed by atoms with E-state index in [1.807, 2.05) is 18.2 Å². The summed E-state index contributed by atoms with van der Waals surface area (Å²) in [4.78, 5) is 33.6. The summed E-state index contributed by atoms with van der Waals surface area (Å²) in [6.45, 7) is -0.455. The van der Waals surface area contributed by atoms with Crippen molar-refractivity contribution >= 4 is 61.9 Å². The summed E-state index contributed by atoms with van der Waals surface area (Å²) in [6, 6.07) is 10.1. The number of carboxylic acids is 1. The van der Waals surface area contributed by atoms with Gasteiger partial charge in [-0.25, -0.2) is 9.97 Å². The number of halogens is 1. The van der Waals surface area contributed by atoms with Gasteiger partial charge in [-0.2, -0.15) is 0 Å². The summed E-state index contributed by atoms with van der Waals surface area (Å²) in [6.07, 6.45) is 1.69. The van der Waals surface area contributed by atoms with Crippen LogP contribution in [0.25, 0.3) is 0 Å². The summed E-state index contributed by atoms with van der Waals surface area (Å²) in [5.41, 5.74) is 0.0416. The lowest BCUT2D eigenvalue weighted by molar-refractivity contribution is -0.137. The molecule has 150 valence electrons. The second-order valence-electron chi connectivity index (χ2n) is 5.79. The van der Waals surface area contributed by atoms with E-state index in [1.165, 1.54) is 42.3 Å². The Balaban J connectivity index is 1.73. The number of aromatic hydroxyl groups is 1. The SMILES string of the molecule is CN(CC(=O)O)C(=O)c1cc(Sc2cnc(Nc3cccc(Br)n3)s2)ccc1O. The van der Waals surface area contributed by atoms with Crippen LogP contribution in [-0.4, -0.2) is 50.5 Å². The van der Waals surface area contributed by atoms with Crippen LogP contribution in [0.5, 0.6) is 5.75 Å². The molecule has 3 aromatic rings. The highest BCUT2D eigenvalue weighted by Gasteiger charge is 2.19. The Morgan fingerprint density at radius 1 is 1.31 bits per heavy atom. The zero-order valence-electron chi connectivity index (χ0n) is 15.0. The number of pyridine rings is 1. The average molecular weight is 495 g/mol. The van der Waals surface area contributed by atoms with Crippen LogP contribution in [0.4, 0.5) is 10.9 Å². The number of likely N-dealkylation sites (N-methyl/N-ethyl adjacent to an activating group) is 1. The van der Waals surface area contributed by atoms with E-state index in [0.29, 0.717) is 20.4 Å². The van der Waals surface area contributed by atoms with Gasteiger partial charge in [0.1, 0.15) is 22.7 Å². The predicted molar refractivity (Wildman–Crippen MR) is 114 cm³/mol. The molecule has 29 heavy (non-hydrogen) atoms. The summed E-state index contributed by atoms with van der Waals surface area (Å²) < 4.78 is 1.58. The first kappa shape index (κ1) is 21.1. The number of anilines is 2. The van der Waals surface area contributed by atoms with Crippen LogP contribution < -0.4 is 5.32 Å². The number of carbonyl (C=O) groups is 2. The van der Waals surface area contributed by atoms with Crippen LogP contribution in [0.3, 0.4) is 0 Å². The van der Waals surface area contributed by atoms with E-state index in [4.69, 9.17) is 5.11 Å². The van der Waals surface area contributed by atoms with Crippen molar-refractivity contribution in [3.05, 3.63) is 52.8 Å². The molecule has 1 aromatic carbocycles. The molecule has 0 aliphatic rings. The summed E-state index contributed by atoms with van der Waals surface area (Å²) in [7, 11) is 1.37. The van der Waals surface area contributed by atoms with Crippen molar-refractivity contribution in [2.24, 2.45) is 0 Å². The average Bonchev–Trinajstić information content (AvgIpc) is 3.09. The van der Waals surface area contributed by atoms with Crippen LogP contribution >= 0.6 is 39.0 Å². The molecule has 2 heterocycles. The third-order valence-corrected chi connectivity index (χ3v) is 6.02. The number of hydrogen-bond donors (Lipinski definition) is 3. The standard InChI is InChI=1S/C18H15BrN4O4S2/c1-23(9-15(25)26)17(27)11-7-10(5-6-12(11)24)28-16-8-20-18(29-16)22-14-4-2-3-13(19)21-14/h2-8,24H,9H2,1H3,(H,25,26)(H,20,21,22). The first-order valence-corrected chi connectivity index (χ1v) is 10.6. The number of amides is 1. The predicted octanol–water partition coefficient (Wildman–Crippen LogP) is 4.06. The number of benzene rings is 1. The normalized spacial score (nSPS) is 10.6. The van der Waals surface area contributed by atoms with Crippen LogP contribution in [0.15, 0.2) is 56.3 Å². The highest BCUT2D eigenvalue weighted by atomic mass is 79.9. The number of phenols is 1. The van der Waals surface area contributed by atoms with E-state index >= 15 is 0 Å². The molecule has 1 amide bonds. The second-order valence-corrected chi connectivity index (χ2v) is 9.01. The van der Waals surface area contributed by atoms with Gasteiger partial charge in [-0.15, -0.1) is 0 Å². The summed E-state index contributed by atoms with van der Waals surface area (Å²) >= 11 is 6.10. The van der Waals surface area contributed by atoms with Gasteiger partial charge in [0.2, 0.25) is 0 Å². The molecule has 0 spiro atoms. The molecule has 0 saturated heterocycles. The van der Waals surface area contributed by atoms with Gasteiger partial charge in [0.15, 0.2) is 5.13 Å². The lowest BCUT2D eigenvalue weighted by atomic mass is 10.2. The third kappa shape index (κ3) is 5.68. The van der Waals surface area contributed by atoms with E-state index in [2.05, 4.69) is 31.2 Å². The topological polar surface area (TPSA) is 116 Å². The van der Waals surface area contributed by atoms with Gasteiger partial charge < -0.3 is 20.4 Å². The Bertz CT molecular complexity index is 1060. The number of nitrogens with zero attached hydrogens (tertiary/aromatic N) is 3. The molecule has 0 fully saturated rings. The molecule has 0 saturated carbocycles. The summed E-state index contributed by atoms with van der Waals surface area (Å²) in [5.74, 6) is -1.25. The number of carbonyl (C=O) groups excluding carboxylic acids is 1. The number of thiazole rings is 1. The quantitative estimate of drug-likeness (QED) is 0.421. The Hall–Kier alpha value is -2.63. The lowest BCUT2D eigenvalue weighted by Gasteiger charge is -2.15.